The quantitative estimate of drug-likeness (QED) is 0.489. The van der Waals surface area contributed by atoms with Crippen molar-refractivity contribution in [2.24, 2.45) is 0 Å². The van der Waals surface area contributed by atoms with Gasteiger partial charge in [0.15, 0.2) is 0 Å². The summed E-state index contributed by atoms with van der Waals surface area (Å²) in [4.78, 5) is 0. The van der Waals surface area contributed by atoms with Gasteiger partial charge in [-0.1, -0.05) is 0 Å². The topological polar surface area (TPSA) is 48.1 Å². The molecule has 0 aliphatic carbocycles. The summed E-state index contributed by atoms with van der Waals surface area (Å²) in [7, 11) is 0. The number of hydrogen-bond acceptors (Lipinski definition) is 4. The Kier molecular flexibility index (Phi) is 24.0. The summed E-state index contributed by atoms with van der Waals surface area (Å²) in [6, 6.07) is 0. The van der Waals surface area contributed by atoms with Crippen LogP contribution in [0.4, 0.5) is 0 Å². The first-order chi connectivity index (χ1) is 6.00. The number of hydrogen-bond donors (Lipinski definition) is 4. The first kappa shape index (κ1) is 21.0. The molecule has 0 aromatic heterocycles. The Hall–Kier alpha value is 0.710. The molecule has 96 valence electrons. The maximum Gasteiger partial charge on any atom is 0.00772 e. The van der Waals surface area contributed by atoms with E-state index in [1.165, 1.54) is 0 Å². The van der Waals surface area contributed by atoms with E-state index in [1.807, 2.05) is 0 Å². The average molecular weight is 282 g/mol. The third-order valence-electron chi connectivity index (χ3n) is 1.91. The van der Waals surface area contributed by atoms with Gasteiger partial charge in [-0.2, -0.15) is 0 Å². The van der Waals surface area contributed by atoms with Gasteiger partial charge in [-0.15, -0.1) is 37.2 Å². The Labute approximate surface area is 111 Å². The fourth-order valence-corrected chi connectivity index (χ4v) is 1.21. The van der Waals surface area contributed by atoms with Crippen molar-refractivity contribution >= 4 is 37.2 Å². The Morgan fingerprint density at radius 1 is 0.333 bits per heavy atom. The maximum absolute atomic E-state index is 3.22. The minimum atomic E-state index is 0. The second-order valence-corrected chi connectivity index (χ2v) is 3.00. The lowest BCUT2D eigenvalue weighted by Crippen LogP contribution is -2.39. The lowest BCUT2D eigenvalue weighted by molar-refractivity contribution is 0.534. The van der Waals surface area contributed by atoms with Gasteiger partial charge in [-0.3, -0.25) is 0 Å². The molecule has 7 heteroatoms. The van der Waals surface area contributed by atoms with Crippen molar-refractivity contribution in [1.82, 2.24) is 21.3 Å². The van der Waals surface area contributed by atoms with Crippen LogP contribution in [-0.2, 0) is 0 Å². The summed E-state index contributed by atoms with van der Waals surface area (Å²) in [5.41, 5.74) is 0. The van der Waals surface area contributed by atoms with Gasteiger partial charge in [0.05, 0.1) is 0 Å². The molecule has 0 aromatic carbocycles. The number of piperazine rings is 2. The van der Waals surface area contributed by atoms with Crippen molar-refractivity contribution in [1.29, 1.82) is 0 Å². The van der Waals surface area contributed by atoms with Crippen LogP contribution < -0.4 is 21.3 Å². The smallest absolute Gasteiger partial charge is 0.00772 e. The third kappa shape index (κ3) is 14.7. The van der Waals surface area contributed by atoms with Crippen LogP contribution in [0.25, 0.3) is 0 Å². The second kappa shape index (κ2) is 17.1. The molecule has 2 fully saturated rings. The lowest BCUT2D eigenvalue weighted by atomic mass is 10.4. The molecule has 0 aromatic rings. The van der Waals surface area contributed by atoms with Crippen molar-refractivity contribution < 1.29 is 0 Å². The van der Waals surface area contributed by atoms with Gasteiger partial charge < -0.3 is 21.3 Å². The first-order valence-corrected chi connectivity index (χ1v) is 4.83. The van der Waals surface area contributed by atoms with E-state index < -0.39 is 0 Å². The highest BCUT2D eigenvalue weighted by Gasteiger charge is 1.92. The SMILES string of the molecule is C1CNCCN1.C1CNCCN1.Cl.Cl.Cl. The molecule has 2 aliphatic heterocycles. The van der Waals surface area contributed by atoms with Crippen molar-refractivity contribution in [3.05, 3.63) is 0 Å². The monoisotopic (exact) mass is 280 g/mol. The Morgan fingerprint density at radius 2 is 0.467 bits per heavy atom. The molecule has 0 amide bonds. The van der Waals surface area contributed by atoms with E-state index in [0.29, 0.717) is 0 Å². The van der Waals surface area contributed by atoms with E-state index >= 15 is 0 Å². The van der Waals surface area contributed by atoms with Gasteiger partial charge in [0.25, 0.3) is 0 Å². The van der Waals surface area contributed by atoms with Gasteiger partial charge >= 0.3 is 0 Å². The van der Waals surface area contributed by atoms with Crippen molar-refractivity contribution in [3.63, 3.8) is 0 Å². The van der Waals surface area contributed by atoms with Gasteiger partial charge in [0.2, 0.25) is 0 Å². The van der Waals surface area contributed by atoms with Crippen molar-refractivity contribution in [3.8, 4) is 0 Å². The van der Waals surface area contributed by atoms with Gasteiger partial charge in [0, 0.05) is 52.4 Å². The molecule has 0 radical (unpaired) electrons. The Morgan fingerprint density at radius 3 is 0.533 bits per heavy atom. The van der Waals surface area contributed by atoms with Crippen LogP contribution in [0.3, 0.4) is 0 Å². The largest absolute Gasteiger partial charge is 0.314 e. The molecule has 0 atom stereocenters. The number of nitrogens with one attached hydrogen (secondary N) is 4. The van der Waals surface area contributed by atoms with Crippen molar-refractivity contribution in [2.75, 3.05) is 52.4 Å². The highest BCUT2D eigenvalue weighted by atomic mass is 35.5. The van der Waals surface area contributed by atoms with Crippen LogP contribution in [-0.4, -0.2) is 52.4 Å². The van der Waals surface area contributed by atoms with Crippen molar-refractivity contribution in [2.45, 2.75) is 0 Å². The normalized spacial score (nSPS) is 19.2. The molecule has 2 rings (SSSR count). The summed E-state index contributed by atoms with van der Waals surface area (Å²) in [6.07, 6.45) is 0. The van der Waals surface area contributed by atoms with E-state index in [4.69, 9.17) is 0 Å². The van der Waals surface area contributed by atoms with E-state index in [2.05, 4.69) is 21.3 Å². The predicted molar refractivity (Wildman–Crippen MR) is 73.2 cm³/mol. The van der Waals surface area contributed by atoms with Crippen LogP contribution in [0.2, 0.25) is 0 Å². The van der Waals surface area contributed by atoms with Gasteiger partial charge in [-0.05, 0) is 0 Å². The molecule has 4 N–H and O–H groups in total. The van der Waals surface area contributed by atoms with E-state index in [1.54, 1.807) is 0 Å². The fourth-order valence-electron chi connectivity index (χ4n) is 1.21. The number of halogens is 3. The van der Waals surface area contributed by atoms with Crippen LogP contribution >= 0.6 is 37.2 Å². The molecule has 2 aliphatic rings. The van der Waals surface area contributed by atoms with Crippen LogP contribution in [0.5, 0.6) is 0 Å². The minimum absolute atomic E-state index is 0. The summed E-state index contributed by atoms with van der Waals surface area (Å²) in [5.74, 6) is 0. The maximum atomic E-state index is 3.22. The number of rotatable bonds is 0. The standard InChI is InChI=1S/2C4H10N2.3ClH/c2*1-2-6-4-3-5-1;;;/h2*5-6H,1-4H2;3*1H. The molecule has 2 saturated heterocycles. The van der Waals surface area contributed by atoms with E-state index in [9.17, 15) is 0 Å². The first-order valence-electron chi connectivity index (χ1n) is 4.83. The predicted octanol–water partition coefficient (Wildman–Crippen LogP) is -0.376. The minimum Gasteiger partial charge on any atom is -0.314 e. The molecular formula is C8H23Cl3N4. The summed E-state index contributed by atoms with van der Waals surface area (Å²) in [6.45, 7) is 9.11. The Bertz CT molecular complexity index is 64.9. The fraction of sp³-hybridized carbons (Fsp3) is 1.00. The molecule has 4 nitrogen and oxygen atoms in total. The molecule has 0 saturated carbocycles. The van der Waals surface area contributed by atoms with Crippen LogP contribution in [0, 0.1) is 0 Å². The molecule has 2 heterocycles. The van der Waals surface area contributed by atoms with Gasteiger partial charge in [0.1, 0.15) is 0 Å². The summed E-state index contributed by atoms with van der Waals surface area (Å²) < 4.78 is 0. The molecule has 0 spiro atoms. The van der Waals surface area contributed by atoms with E-state index in [-0.39, 0.29) is 37.2 Å². The molecular weight excluding hydrogens is 258 g/mol. The summed E-state index contributed by atoms with van der Waals surface area (Å²) in [5, 5.41) is 12.9. The lowest BCUT2D eigenvalue weighted by Gasteiger charge is -2.11. The second-order valence-electron chi connectivity index (χ2n) is 3.00. The molecule has 0 unspecified atom stereocenters. The van der Waals surface area contributed by atoms with Gasteiger partial charge in [-0.25, -0.2) is 0 Å². The van der Waals surface area contributed by atoms with Crippen LogP contribution in [0.15, 0.2) is 0 Å². The summed E-state index contributed by atoms with van der Waals surface area (Å²) >= 11 is 0. The zero-order valence-electron chi connectivity index (χ0n) is 8.88. The zero-order chi connectivity index (χ0) is 8.49. The van der Waals surface area contributed by atoms with E-state index in [0.717, 1.165) is 52.4 Å². The molecule has 15 heavy (non-hydrogen) atoms. The Balaban J connectivity index is -0.000000160. The average Bonchev–Trinajstić information content (AvgIpc) is 2.24. The third-order valence-corrected chi connectivity index (χ3v) is 1.91. The highest BCUT2D eigenvalue weighted by Crippen LogP contribution is 1.65. The van der Waals surface area contributed by atoms with Crippen LogP contribution in [0.1, 0.15) is 0 Å². The zero-order valence-corrected chi connectivity index (χ0v) is 11.3. The molecule has 0 bridgehead atoms. The highest BCUT2D eigenvalue weighted by molar-refractivity contribution is 5.86.